The van der Waals surface area contributed by atoms with Crippen molar-refractivity contribution in [3.8, 4) is 5.75 Å². The van der Waals surface area contributed by atoms with Crippen LogP contribution in [-0.4, -0.2) is 29.4 Å². The summed E-state index contributed by atoms with van der Waals surface area (Å²) in [5.74, 6) is 0.853. The van der Waals surface area contributed by atoms with Gasteiger partial charge in [-0.2, -0.15) is 0 Å². The summed E-state index contributed by atoms with van der Waals surface area (Å²) in [5.41, 5.74) is 1.01. The number of ether oxygens (including phenoxy) is 1. The second-order valence-electron chi connectivity index (χ2n) is 3.88. The zero-order chi connectivity index (χ0) is 12.7. The third kappa shape index (κ3) is 4.00. The van der Waals surface area contributed by atoms with Gasteiger partial charge in [0.2, 0.25) is 0 Å². The van der Waals surface area contributed by atoms with Crippen molar-refractivity contribution in [2.45, 2.75) is 12.6 Å². The highest BCUT2D eigenvalue weighted by atomic mass is 28.4. The van der Waals surface area contributed by atoms with Gasteiger partial charge in [-0.05, 0) is 12.6 Å². The van der Waals surface area contributed by atoms with Crippen LogP contribution >= 0.6 is 0 Å². The van der Waals surface area contributed by atoms with Gasteiger partial charge in [0.1, 0.15) is 5.75 Å². The van der Waals surface area contributed by atoms with Gasteiger partial charge in [-0.1, -0.05) is 30.9 Å². The van der Waals surface area contributed by atoms with Crippen molar-refractivity contribution in [1.82, 2.24) is 0 Å². The molecule has 1 rings (SSSR count). The average molecular weight is 252 g/mol. The fourth-order valence-electron chi connectivity index (χ4n) is 1.41. The predicted octanol–water partition coefficient (Wildman–Crippen LogP) is 3.07. The maximum absolute atomic E-state index is 5.73. The number of rotatable bonds is 7. The second kappa shape index (κ2) is 6.59. The Morgan fingerprint density at radius 2 is 1.88 bits per heavy atom. The van der Waals surface area contributed by atoms with Crippen LogP contribution < -0.4 is 4.74 Å². The molecule has 0 amide bonds. The van der Waals surface area contributed by atoms with Crippen LogP contribution in [0.4, 0.5) is 0 Å². The minimum absolute atomic E-state index is 0.593. The van der Waals surface area contributed by atoms with Crippen molar-refractivity contribution in [3.63, 3.8) is 0 Å². The monoisotopic (exact) mass is 252 g/mol. The van der Waals surface area contributed by atoms with Crippen molar-refractivity contribution >= 4 is 14.6 Å². The molecule has 3 nitrogen and oxygen atoms in total. The number of hydrogen-bond acceptors (Lipinski definition) is 3. The standard InChI is InChI=1S/C13H20O3Si/c1-5-12-8-6-7-9-13(12)16-10-11-17(4,14-2)15-3/h5-9H,1,10-11H2,2-4H3. The van der Waals surface area contributed by atoms with Gasteiger partial charge < -0.3 is 13.6 Å². The van der Waals surface area contributed by atoms with Crippen LogP contribution in [0.1, 0.15) is 5.56 Å². The normalized spacial score (nSPS) is 11.2. The van der Waals surface area contributed by atoms with Gasteiger partial charge in [0, 0.05) is 25.8 Å². The molecule has 0 radical (unpaired) electrons. The minimum atomic E-state index is -2.03. The summed E-state index contributed by atoms with van der Waals surface area (Å²) in [7, 11) is 1.35. The zero-order valence-corrected chi connectivity index (χ0v) is 11.7. The molecule has 0 fully saturated rings. The second-order valence-corrected chi connectivity index (χ2v) is 7.47. The van der Waals surface area contributed by atoms with E-state index in [0.29, 0.717) is 6.61 Å². The summed E-state index contributed by atoms with van der Waals surface area (Å²) in [6.07, 6.45) is 1.79. The van der Waals surface area contributed by atoms with E-state index in [-0.39, 0.29) is 0 Å². The molecule has 0 saturated heterocycles. The maximum atomic E-state index is 5.73. The average Bonchev–Trinajstić information content (AvgIpc) is 2.39. The van der Waals surface area contributed by atoms with Gasteiger partial charge >= 0.3 is 8.56 Å². The van der Waals surface area contributed by atoms with Crippen molar-refractivity contribution in [1.29, 1.82) is 0 Å². The fraction of sp³-hybridized carbons (Fsp3) is 0.385. The summed E-state index contributed by atoms with van der Waals surface area (Å²) in [6, 6.07) is 8.63. The van der Waals surface area contributed by atoms with Crippen molar-refractivity contribution in [2.75, 3.05) is 20.8 Å². The molecule has 0 unspecified atom stereocenters. The fourth-order valence-corrected chi connectivity index (χ4v) is 2.46. The van der Waals surface area contributed by atoms with Gasteiger partial charge in [-0.3, -0.25) is 0 Å². The topological polar surface area (TPSA) is 27.7 Å². The Morgan fingerprint density at radius 3 is 2.47 bits per heavy atom. The maximum Gasteiger partial charge on any atom is 0.337 e. The van der Waals surface area contributed by atoms with E-state index >= 15 is 0 Å². The summed E-state index contributed by atoms with van der Waals surface area (Å²) >= 11 is 0. The summed E-state index contributed by atoms with van der Waals surface area (Å²) in [5, 5.41) is 0. The molecular weight excluding hydrogens is 232 g/mol. The summed E-state index contributed by atoms with van der Waals surface area (Å²) < 4.78 is 16.5. The molecule has 17 heavy (non-hydrogen) atoms. The third-order valence-corrected chi connectivity index (χ3v) is 5.66. The minimum Gasteiger partial charge on any atom is -0.493 e. The smallest absolute Gasteiger partial charge is 0.337 e. The molecule has 0 N–H and O–H groups in total. The first-order chi connectivity index (χ1) is 8.15. The highest BCUT2D eigenvalue weighted by Crippen LogP contribution is 2.20. The Bertz CT molecular complexity index is 361. The van der Waals surface area contributed by atoms with Gasteiger partial charge in [-0.25, -0.2) is 0 Å². The van der Waals surface area contributed by atoms with Gasteiger partial charge in [0.25, 0.3) is 0 Å². The lowest BCUT2D eigenvalue weighted by molar-refractivity contribution is 0.234. The predicted molar refractivity (Wildman–Crippen MR) is 72.5 cm³/mol. The lowest BCUT2D eigenvalue weighted by atomic mass is 10.2. The van der Waals surface area contributed by atoms with Crippen molar-refractivity contribution < 1.29 is 13.6 Å². The van der Waals surface area contributed by atoms with Crippen molar-refractivity contribution in [3.05, 3.63) is 36.4 Å². The van der Waals surface area contributed by atoms with E-state index in [2.05, 4.69) is 6.58 Å². The third-order valence-electron chi connectivity index (χ3n) is 2.82. The molecule has 0 saturated carbocycles. The molecule has 1 aromatic carbocycles. The molecule has 1 aromatic rings. The first-order valence-corrected chi connectivity index (χ1v) is 8.12. The Hall–Kier alpha value is -1.10. The molecule has 0 spiro atoms. The first kappa shape index (κ1) is 14.0. The highest BCUT2D eigenvalue weighted by Gasteiger charge is 2.28. The van der Waals surface area contributed by atoms with Crippen LogP contribution in [0.25, 0.3) is 6.08 Å². The molecule has 0 aliphatic rings. The molecule has 0 heterocycles. The van der Waals surface area contributed by atoms with E-state index in [4.69, 9.17) is 13.6 Å². The summed E-state index contributed by atoms with van der Waals surface area (Å²) in [6.45, 7) is 6.38. The van der Waals surface area contributed by atoms with Gasteiger partial charge in [0.05, 0.1) is 6.61 Å². The first-order valence-electron chi connectivity index (χ1n) is 5.60. The van der Waals surface area contributed by atoms with E-state index in [0.717, 1.165) is 17.4 Å². The van der Waals surface area contributed by atoms with Crippen LogP contribution in [0.5, 0.6) is 5.75 Å². The van der Waals surface area contributed by atoms with Crippen LogP contribution in [-0.2, 0) is 8.85 Å². The van der Waals surface area contributed by atoms with Crippen LogP contribution in [0.15, 0.2) is 30.8 Å². The van der Waals surface area contributed by atoms with E-state index < -0.39 is 8.56 Å². The molecular formula is C13H20O3Si. The molecule has 0 bridgehead atoms. The Morgan fingerprint density at radius 1 is 1.24 bits per heavy atom. The van der Waals surface area contributed by atoms with E-state index in [9.17, 15) is 0 Å². The number of benzene rings is 1. The molecule has 0 aliphatic carbocycles. The Balaban J connectivity index is 2.53. The quantitative estimate of drug-likeness (QED) is 0.698. The van der Waals surface area contributed by atoms with Gasteiger partial charge in [-0.15, -0.1) is 0 Å². The Kier molecular flexibility index (Phi) is 5.41. The molecule has 0 aromatic heterocycles. The van der Waals surface area contributed by atoms with E-state index in [1.165, 1.54) is 0 Å². The highest BCUT2D eigenvalue weighted by molar-refractivity contribution is 6.65. The number of para-hydroxylation sites is 1. The molecule has 94 valence electrons. The SMILES string of the molecule is C=Cc1ccccc1OCC[Si](C)(OC)OC. The molecule has 0 aliphatic heterocycles. The van der Waals surface area contributed by atoms with E-state index in [1.54, 1.807) is 20.3 Å². The largest absolute Gasteiger partial charge is 0.493 e. The van der Waals surface area contributed by atoms with Crippen LogP contribution in [0.3, 0.4) is 0 Å². The van der Waals surface area contributed by atoms with Crippen LogP contribution in [0, 0.1) is 0 Å². The lowest BCUT2D eigenvalue weighted by Gasteiger charge is -2.22. The zero-order valence-electron chi connectivity index (χ0n) is 10.7. The van der Waals surface area contributed by atoms with Gasteiger partial charge in [0.15, 0.2) is 0 Å². The number of hydrogen-bond donors (Lipinski definition) is 0. The Labute approximate surface area is 104 Å². The van der Waals surface area contributed by atoms with Crippen molar-refractivity contribution in [2.24, 2.45) is 0 Å². The molecule has 0 atom stereocenters. The molecule has 4 heteroatoms. The summed E-state index contributed by atoms with van der Waals surface area (Å²) in [4.78, 5) is 0. The van der Waals surface area contributed by atoms with E-state index in [1.807, 2.05) is 30.8 Å². The van der Waals surface area contributed by atoms with Crippen LogP contribution in [0.2, 0.25) is 12.6 Å². The lowest BCUT2D eigenvalue weighted by Crippen LogP contribution is -2.37.